The lowest BCUT2D eigenvalue weighted by molar-refractivity contribution is 0.0940. The lowest BCUT2D eigenvalue weighted by Crippen LogP contribution is -2.27. The predicted molar refractivity (Wildman–Crippen MR) is 40.2 cm³/mol. The van der Waals surface area contributed by atoms with Gasteiger partial charge in [-0.1, -0.05) is 0 Å². The van der Waals surface area contributed by atoms with E-state index in [1.807, 2.05) is 0 Å². The average Bonchev–Trinajstić information content (AvgIpc) is 2.47. The summed E-state index contributed by atoms with van der Waals surface area (Å²) in [6.07, 6.45) is 0. The molecule has 0 aromatic carbocycles. The molecular formula is C5H9N5O2. The summed E-state index contributed by atoms with van der Waals surface area (Å²) in [5.74, 6) is -0.402. The number of carbonyl (C=O) groups is 1. The van der Waals surface area contributed by atoms with Crippen LogP contribution < -0.4 is 11.1 Å². The third kappa shape index (κ3) is 1.70. The minimum absolute atomic E-state index is 0.0449. The van der Waals surface area contributed by atoms with Gasteiger partial charge in [-0.25, -0.2) is 0 Å². The number of nitrogens with zero attached hydrogens (tertiary/aromatic N) is 2. The van der Waals surface area contributed by atoms with Crippen LogP contribution in [0.1, 0.15) is 10.5 Å². The molecule has 0 saturated heterocycles. The van der Waals surface area contributed by atoms with E-state index in [0.29, 0.717) is 0 Å². The maximum Gasteiger partial charge on any atom is 0.275 e. The van der Waals surface area contributed by atoms with Gasteiger partial charge in [0.15, 0.2) is 11.5 Å². The van der Waals surface area contributed by atoms with Gasteiger partial charge < -0.3 is 16.2 Å². The Morgan fingerprint density at radius 1 is 1.67 bits per heavy atom. The van der Waals surface area contributed by atoms with Gasteiger partial charge >= 0.3 is 0 Å². The number of aromatic amines is 1. The second kappa shape index (κ2) is 3.67. The third-order valence-corrected chi connectivity index (χ3v) is 1.19. The molecule has 0 fully saturated rings. The van der Waals surface area contributed by atoms with Crippen LogP contribution in [0.3, 0.4) is 0 Å². The smallest absolute Gasteiger partial charge is 0.275 e. The van der Waals surface area contributed by atoms with E-state index in [2.05, 4.69) is 20.7 Å². The molecule has 1 heterocycles. The summed E-state index contributed by atoms with van der Waals surface area (Å²) in [7, 11) is 0. The Bertz CT molecular complexity index is 271. The maximum absolute atomic E-state index is 11.1. The van der Waals surface area contributed by atoms with Crippen LogP contribution in [0.25, 0.3) is 0 Å². The molecule has 0 unspecified atom stereocenters. The SMILES string of the molecule is Nc1n[nH]nc1C(=O)NCCO. The molecule has 0 bridgehead atoms. The van der Waals surface area contributed by atoms with Crippen LogP contribution in [-0.4, -0.2) is 39.6 Å². The molecule has 0 radical (unpaired) electrons. The van der Waals surface area contributed by atoms with Crippen molar-refractivity contribution >= 4 is 11.7 Å². The van der Waals surface area contributed by atoms with E-state index in [4.69, 9.17) is 10.8 Å². The van der Waals surface area contributed by atoms with Crippen LogP contribution in [0.5, 0.6) is 0 Å². The van der Waals surface area contributed by atoms with Gasteiger partial charge in [-0.05, 0) is 0 Å². The number of rotatable bonds is 3. The van der Waals surface area contributed by atoms with E-state index in [9.17, 15) is 4.79 Å². The molecule has 0 atom stereocenters. The second-order valence-corrected chi connectivity index (χ2v) is 2.04. The van der Waals surface area contributed by atoms with Gasteiger partial charge in [-0.2, -0.15) is 5.21 Å². The van der Waals surface area contributed by atoms with Crippen LogP contribution >= 0.6 is 0 Å². The van der Waals surface area contributed by atoms with Crippen LogP contribution in [0.15, 0.2) is 0 Å². The largest absolute Gasteiger partial charge is 0.395 e. The van der Waals surface area contributed by atoms with E-state index in [1.54, 1.807) is 0 Å². The van der Waals surface area contributed by atoms with Crippen molar-refractivity contribution in [3.8, 4) is 0 Å². The number of anilines is 1. The number of nitrogens with one attached hydrogen (secondary N) is 2. The van der Waals surface area contributed by atoms with Crippen LogP contribution in [0.2, 0.25) is 0 Å². The zero-order valence-electron chi connectivity index (χ0n) is 6.24. The van der Waals surface area contributed by atoms with Gasteiger partial charge in [-0.3, -0.25) is 4.79 Å². The van der Waals surface area contributed by atoms with E-state index in [1.165, 1.54) is 0 Å². The number of amides is 1. The van der Waals surface area contributed by atoms with Crippen LogP contribution in [0.4, 0.5) is 5.82 Å². The Balaban J connectivity index is 2.59. The number of aliphatic hydroxyl groups is 1. The summed E-state index contributed by atoms with van der Waals surface area (Å²) in [4.78, 5) is 11.1. The second-order valence-electron chi connectivity index (χ2n) is 2.04. The molecule has 0 spiro atoms. The van der Waals surface area contributed by atoms with Crippen molar-refractivity contribution in [2.45, 2.75) is 0 Å². The fourth-order valence-electron chi connectivity index (χ4n) is 0.659. The van der Waals surface area contributed by atoms with Crippen LogP contribution in [-0.2, 0) is 0 Å². The van der Waals surface area contributed by atoms with Crippen LogP contribution in [0, 0.1) is 0 Å². The maximum atomic E-state index is 11.1. The quantitative estimate of drug-likeness (QED) is 0.424. The summed E-state index contributed by atoms with van der Waals surface area (Å²) in [5.41, 5.74) is 5.33. The highest BCUT2D eigenvalue weighted by Crippen LogP contribution is 2.00. The van der Waals surface area contributed by atoms with Crippen molar-refractivity contribution in [1.82, 2.24) is 20.7 Å². The van der Waals surface area contributed by atoms with Gasteiger partial charge in [0.2, 0.25) is 0 Å². The minimum atomic E-state index is -0.449. The average molecular weight is 171 g/mol. The highest BCUT2D eigenvalue weighted by atomic mass is 16.3. The number of aliphatic hydroxyl groups excluding tert-OH is 1. The van der Waals surface area contributed by atoms with Crippen molar-refractivity contribution in [1.29, 1.82) is 0 Å². The standard InChI is InChI=1S/C5H9N5O2/c6-4-3(8-10-9-4)5(12)7-1-2-11/h11H,1-2H2,(H,7,12)(H3,6,8,9,10). The first-order valence-electron chi connectivity index (χ1n) is 3.31. The molecule has 1 aromatic rings. The topological polar surface area (TPSA) is 117 Å². The van der Waals surface area contributed by atoms with E-state index < -0.39 is 5.91 Å². The molecule has 1 aromatic heterocycles. The summed E-state index contributed by atoms with van der Waals surface area (Å²) < 4.78 is 0. The molecule has 0 saturated carbocycles. The first kappa shape index (κ1) is 8.47. The number of hydrogen-bond donors (Lipinski definition) is 4. The highest BCUT2D eigenvalue weighted by molar-refractivity contribution is 5.96. The number of aromatic nitrogens is 3. The third-order valence-electron chi connectivity index (χ3n) is 1.19. The Morgan fingerprint density at radius 2 is 2.42 bits per heavy atom. The molecule has 0 aliphatic heterocycles. The monoisotopic (exact) mass is 171 g/mol. The van der Waals surface area contributed by atoms with Crippen molar-refractivity contribution in [3.63, 3.8) is 0 Å². The molecule has 0 aliphatic rings. The van der Waals surface area contributed by atoms with Crippen molar-refractivity contribution in [2.75, 3.05) is 18.9 Å². The molecule has 12 heavy (non-hydrogen) atoms. The molecule has 1 rings (SSSR count). The molecule has 5 N–H and O–H groups in total. The first-order chi connectivity index (χ1) is 5.75. The lowest BCUT2D eigenvalue weighted by Gasteiger charge is -1.98. The molecule has 0 aliphatic carbocycles. The number of H-pyrrole nitrogens is 1. The van der Waals surface area contributed by atoms with Crippen molar-refractivity contribution in [3.05, 3.63) is 5.69 Å². The van der Waals surface area contributed by atoms with Gasteiger partial charge in [0.1, 0.15) is 0 Å². The molecule has 7 heteroatoms. The fraction of sp³-hybridized carbons (Fsp3) is 0.400. The van der Waals surface area contributed by atoms with E-state index in [0.717, 1.165) is 0 Å². The highest BCUT2D eigenvalue weighted by Gasteiger charge is 2.12. The summed E-state index contributed by atoms with van der Waals surface area (Å²) in [5, 5.41) is 20.0. The Labute approximate surface area is 68.0 Å². The number of carbonyl (C=O) groups excluding carboxylic acids is 1. The molecule has 66 valence electrons. The zero-order chi connectivity index (χ0) is 8.97. The van der Waals surface area contributed by atoms with Gasteiger partial charge in [0, 0.05) is 6.54 Å². The summed E-state index contributed by atoms with van der Waals surface area (Å²) in [6.45, 7) is 0.0502. The van der Waals surface area contributed by atoms with E-state index >= 15 is 0 Å². The number of nitrogen functional groups attached to an aromatic ring is 1. The zero-order valence-corrected chi connectivity index (χ0v) is 6.24. The molecular weight excluding hydrogens is 162 g/mol. The van der Waals surface area contributed by atoms with Gasteiger partial charge in [0.05, 0.1) is 6.61 Å². The number of nitrogens with two attached hydrogens (primary N) is 1. The van der Waals surface area contributed by atoms with E-state index in [-0.39, 0.29) is 24.7 Å². The Hall–Kier alpha value is -1.63. The number of hydrogen-bond acceptors (Lipinski definition) is 5. The molecule has 7 nitrogen and oxygen atoms in total. The Kier molecular flexibility index (Phi) is 2.59. The molecule has 1 amide bonds. The minimum Gasteiger partial charge on any atom is -0.395 e. The predicted octanol–water partition coefficient (Wildman–Crippen LogP) is -1.89. The Morgan fingerprint density at radius 3 is 2.92 bits per heavy atom. The first-order valence-corrected chi connectivity index (χ1v) is 3.31. The lowest BCUT2D eigenvalue weighted by atomic mass is 10.4. The summed E-state index contributed by atoms with van der Waals surface area (Å²) >= 11 is 0. The van der Waals surface area contributed by atoms with Gasteiger partial charge in [0.25, 0.3) is 5.91 Å². The van der Waals surface area contributed by atoms with Crippen molar-refractivity contribution in [2.24, 2.45) is 0 Å². The summed E-state index contributed by atoms with van der Waals surface area (Å²) in [6, 6.07) is 0. The van der Waals surface area contributed by atoms with Crippen molar-refractivity contribution < 1.29 is 9.90 Å². The van der Waals surface area contributed by atoms with Gasteiger partial charge in [-0.15, -0.1) is 10.2 Å². The fourth-order valence-corrected chi connectivity index (χ4v) is 0.659. The normalized spacial score (nSPS) is 9.75.